The number of aryl methyl sites for hydroxylation is 1. The first-order valence-electron chi connectivity index (χ1n) is 9.36. The molecule has 0 aromatic heterocycles. The van der Waals surface area contributed by atoms with Crippen LogP contribution < -0.4 is 0 Å². The van der Waals surface area contributed by atoms with Crippen LogP contribution in [-0.4, -0.2) is 29.6 Å². The zero-order valence-electron chi connectivity index (χ0n) is 14.9. The molecule has 2 aromatic carbocycles. The van der Waals surface area contributed by atoms with Crippen molar-refractivity contribution in [2.45, 2.75) is 44.4 Å². The largest absolute Gasteiger partial charge is 0.508 e. The van der Waals surface area contributed by atoms with Crippen LogP contribution in [0.3, 0.4) is 0 Å². The van der Waals surface area contributed by atoms with Crippen molar-refractivity contribution in [1.82, 2.24) is 4.90 Å². The van der Waals surface area contributed by atoms with E-state index < -0.39 is 0 Å². The van der Waals surface area contributed by atoms with E-state index in [1.807, 2.05) is 12.1 Å². The number of likely N-dealkylation sites (tertiary alicyclic amines) is 1. The van der Waals surface area contributed by atoms with Gasteiger partial charge in [0, 0.05) is 0 Å². The number of rotatable bonds is 7. The van der Waals surface area contributed by atoms with E-state index >= 15 is 0 Å². The van der Waals surface area contributed by atoms with E-state index in [0.717, 1.165) is 0 Å². The van der Waals surface area contributed by atoms with Gasteiger partial charge in [-0.3, -0.25) is 0 Å². The first-order valence-corrected chi connectivity index (χ1v) is 9.36. The fraction of sp³-hybridized carbons (Fsp3) is 0.455. The molecule has 25 heavy (non-hydrogen) atoms. The summed E-state index contributed by atoms with van der Waals surface area (Å²) in [6.45, 7) is 3.67. The van der Waals surface area contributed by atoms with E-state index in [0.29, 0.717) is 11.7 Å². The lowest BCUT2D eigenvalue weighted by molar-refractivity contribution is 0.208. The quantitative estimate of drug-likeness (QED) is 0.611. The number of hydrogen-bond acceptors (Lipinski definition) is 2. The Labute approximate surface area is 162 Å². The fourth-order valence-corrected chi connectivity index (χ4v) is 3.72. The molecule has 0 atom stereocenters. The van der Waals surface area contributed by atoms with Crippen LogP contribution in [0.25, 0.3) is 0 Å². The van der Waals surface area contributed by atoms with Crippen molar-refractivity contribution >= 4 is 17.0 Å². The Hall–Kier alpha value is -1.32. The fourth-order valence-electron chi connectivity index (χ4n) is 3.72. The van der Waals surface area contributed by atoms with E-state index in [-0.39, 0.29) is 17.0 Å². The molecule has 1 N–H and O–H groups in total. The van der Waals surface area contributed by atoms with Crippen LogP contribution in [-0.2, 0) is 6.42 Å². The SMILES string of the molecule is Br.Oc1ccc(C2CCN(CCCCCc3ccccc3)CC2)cc1. The van der Waals surface area contributed by atoms with E-state index in [9.17, 15) is 5.11 Å². The number of unbranched alkanes of at least 4 members (excludes halogenated alkanes) is 2. The van der Waals surface area contributed by atoms with Crippen molar-refractivity contribution < 1.29 is 5.11 Å². The third-order valence-corrected chi connectivity index (χ3v) is 5.23. The van der Waals surface area contributed by atoms with Gasteiger partial charge in [0.15, 0.2) is 0 Å². The summed E-state index contributed by atoms with van der Waals surface area (Å²) in [6, 6.07) is 18.6. The molecule has 2 nitrogen and oxygen atoms in total. The predicted octanol–water partition coefficient (Wildman–Crippen LogP) is 5.56. The molecule has 1 fully saturated rings. The number of piperidine rings is 1. The van der Waals surface area contributed by atoms with Crippen molar-refractivity contribution in [3.8, 4) is 5.75 Å². The molecular weight excluding hydrogens is 374 g/mol. The van der Waals surface area contributed by atoms with Gasteiger partial charge in [0.1, 0.15) is 5.75 Å². The minimum atomic E-state index is 0. The standard InChI is InChI=1S/C22H29NO.BrH/c24-22-12-10-20(11-13-22)21-14-17-23(18-15-21)16-6-2-5-9-19-7-3-1-4-8-19;/h1,3-4,7-8,10-13,21,24H,2,5-6,9,14-18H2;1H. The third-order valence-electron chi connectivity index (χ3n) is 5.23. The Morgan fingerprint density at radius 1 is 0.840 bits per heavy atom. The summed E-state index contributed by atoms with van der Waals surface area (Å²) in [6.07, 6.45) is 7.64. The van der Waals surface area contributed by atoms with Gasteiger partial charge in [-0.2, -0.15) is 0 Å². The topological polar surface area (TPSA) is 23.5 Å². The lowest BCUT2D eigenvalue weighted by Crippen LogP contribution is -2.33. The summed E-state index contributed by atoms with van der Waals surface area (Å²) in [5.41, 5.74) is 2.85. The Balaban J connectivity index is 0.00000225. The Bertz CT molecular complexity index is 591. The zero-order valence-corrected chi connectivity index (χ0v) is 16.7. The summed E-state index contributed by atoms with van der Waals surface area (Å²) in [7, 11) is 0. The monoisotopic (exact) mass is 403 g/mol. The normalized spacial score (nSPS) is 15.7. The van der Waals surface area contributed by atoms with Gasteiger partial charge >= 0.3 is 0 Å². The molecule has 1 aliphatic heterocycles. The second-order valence-electron chi connectivity index (χ2n) is 7.00. The molecule has 0 bridgehead atoms. The molecule has 3 heteroatoms. The van der Waals surface area contributed by atoms with Gasteiger partial charge in [-0.25, -0.2) is 0 Å². The van der Waals surface area contributed by atoms with E-state index in [2.05, 4.69) is 47.4 Å². The number of aromatic hydroxyl groups is 1. The summed E-state index contributed by atoms with van der Waals surface area (Å²) in [5, 5.41) is 9.40. The Morgan fingerprint density at radius 2 is 1.52 bits per heavy atom. The number of phenolic OH excluding ortho intramolecular Hbond substituents is 1. The first-order chi connectivity index (χ1) is 11.8. The summed E-state index contributed by atoms with van der Waals surface area (Å²) >= 11 is 0. The molecule has 1 saturated heterocycles. The van der Waals surface area contributed by atoms with E-state index in [1.165, 1.54) is 69.3 Å². The molecule has 2 aromatic rings. The second-order valence-corrected chi connectivity index (χ2v) is 7.00. The van der Waals surface area contributed by atoms with E-state index in [4.69, 9.17) is 0 Å². The molecule has 1 aliphatic rings. The van der Waals surface area contributed by atoms with Gasteiger partial charge < -0.3 is 10.0 Å². The number of halogens is 1. The van der Waals surface area contributed by atoms with Crippen molar-refractivity contribution in [1.29, 1.82) is 0 Å². The summed E-state index contributed by atoms with van der Waals surface area (Å²) in [5.74, 6) is 1.03. The van der Waals surface area contributed by atoms with Crippen LogP contribution in [0, 0.1) is 0 Å². The van der Waals surface area contributed by atoms with E-state index in [1.54, 1.807) is 0 Å². The lowest BCUT2D eigenvalue weighted by atomic mass is 9.89. The third kappa shape index (κ3) is 6.48. The Kier molecular flexibility index (Phi) is 8.50. The second kappa shape index (κ2) is 10.6. The van der Waals surface area contributed by atoms with Crippen LogP contribution in [0.2, 0.25) is 0 Å². The summed E-state index contributed by atoms with van der Waals surface area (Å²) < 4.78 is 0. The summed E-state index contributed by atoms with van der Waals surface area (Å²) in [4.78, 5) is 2.62. The average Bonchev–Trinajstić information content (AvgIpc) is 2.64. The van der Waals surface area contributed by atoms with Gasteiger partial charge in [-0.15, -0.1) is 17.0 Å². The van der Waals surface area contributed by atoms with Gasteiger partial charge in [0.25, 0.3) is 0 Å². The van der Waals surface area contributed by atoms with Crippen molar-refractivity contribution in [3.63, 3.8) is 0 Å². The van der Waals surface area contributed by atoms with Crippen molar-refractivity contribution in [2.75, 3.05) is 19.6 Å². The Morgan fingerprint density at radius 3 is 2.20 bits per heavy atom. The highest BCUT2D eigenvalue weighted by Gasteiger charge is 2.20. The molecular formula is C22H30BrNO. The van der Waals surface area contributed by atoms with Gasteiger partial charge in [0.2, 0.25) is 0 Å². The maximum Gasteiger partial charge on any atom is 0.115 e. The number of nitrogens with zero attached hydrogens (tertiary/aromatic N) is 1. The van der Waals surface area contributed by atoms with Crippen LogP contribution in [0.15, 0.2) is 54.6 Å². The van der Waals surface area contributed by atoms with Crippen LogP contribution in [0.4, 0.5) is 0 Å². The number of hydrogen-bond donors (Lipinski definition) is 1. The average molecular weight is 404 g/mol. The lowest BCUT2D eigenvalue weighted by Gasteiger charge is -2.32. The van der Waals surface area contributed by atoms with Gasteiger partial charge in [-0.1, -0.05) is 48.9 Å². The van der Waals surface area contributed by atoms with Crippen LogP contribution >= 0.6 is 17.0 Å². The van der Waals surface area contributed by atoms with Crippen LogP contribution in [0.5, 0.6) is 5.75 Å². The molecule has 0 radical (unpaired) electrons. The number of benzene rings is 2. The molecule has 0 amide bonds. The maximum absolute atomic E-state index is 9.40. The zero-order chi connectivity index (χ0) is 16.6. The molecule has 0 saturated carbocycles. The first kappa shape index (κ1) is 20.0. The molecule has 0 spiro atoms. The molecule has 136 valence electrons. The molecule has 3 rings (SSSR count). The molecule has 0 aliphatic carbocycles. The predicted molar refractivity (Wildman–Crippen MR) is 111 cm³/mol. The molecule has 1 heterocycles. The number of phenols is 1. The smallest absolute Gasteiger partial charge is 0.115 e. The highest BCUT2D eigenvalue weighted by atomic mass is 79.9. The maximum atomic E-state index is 9.40. The van der Waals surface area contributed by atoms with Gasteiger partial charge in [0.05, 0.1) is 0 Å². The molecule has 0 unspecified atom stereocenters. The minimum Gasteiger partial charge on any atom is -0.508 e. The van der Waals surface area contributed by atoms with Crippen molar-refractivity contribution in [3.05, 3.63) is 65.7 Å². The highest BCUT2D eigenvalue weighted by molar-refractivity contribution is 8.93. The minimum absolute atomic E-state index is 0. The van der Waals surface area contributed by atoms with Crippen molar-refractivity contribution in [2.24, 2.45) is 0 Å². The highest BCUT2D eigenvalue weighted by Crippen LogP contribution is 2.29. The van der Waals surface area contributed by atoms with Crippen LogP contribution in [0.1, 0.15) is 49.1 Å². The van der Waals surface area contributed by atoms with Gasteiger partial charge in [-0.05, 0) is 80.9 Å².